The second-order valence-corrected chi connectivity index (χ2v) is 6.87. The summed E-state index contributed by atoms with van der Waals surface area (Å²) >= 11 is 0. The van der Waals surface area contributed by atoms with Crippen molar-refractivity contribution in [3.05, 3.63) is 59.7 Å². The molecule has 0 heterocycles. The summed E-state index contributed by atoms with van der Waals surface area (Å²) in [5.41, 5.74) is 7.93. The van der Waals surface area contributed by atoms with E-state index in [1.165, 1.54) is 0 Å². The molecule has 2 aromatic rings. The number of hydrogen-bond acceptors (Lipinski definition) is 3. The van der Waals surface area contributed by atoms with Crippen LogP contribution in [-0.4, -0.2) is 15.0 Å². The third kappa shape index (κ3) is 3.62. The van der Waals surface area contributed by atoms with Crippen LogP contribution in [0.3, 0.4) is 0 Å². The molecule has 0 bridgehead atoms. The molecular weight excluding hydrogens is 284 g/mol. The molecule has 112 valence electrons. The summed E-state index contributed by atoms with van der Waals surface area (Å²) < 4.78 is 27.4. The van der Waals surface area contributed by atoms with E-state index in [9.17, 15) is 8.42 Å². The largest absolute Gasteiger partial charge is 0.398 e. The van der Waals surface area contributed by atoms with Gasteiger partial charge in [-0.05, 0) is 36.1 Å². The van der Waals surface area contributed by atoms with Crippen LogP contribution in [0.4, 0.5) is 5.69 Å². The molecule has 0 radical (unpaired) electrons. The van der Waals surface area contributed by atoms with Gasteiger partial charge in [0, 0.05) is 12.2 Å². The van der Waals surface area contributed by atoms with Crippen LogP contribution >= 0.6 is 0 Å². The SMILES string of the molecule is Cc1c(N)cccc1S(=O)(=O)NCC(C)c1ccccc1. The Morgan fingerprint density at radius 3 is 2.43 bits per heavy atom. The first kappa shape index (κ1) is 15.5. The Morgan fingerprint density at radius 1 is 1.10 bits per heavy atom. The van der Waals surface area contributed by atoms with Crippen molar-refractivity contribution < 1.29 is 8.42 Å². The highest BCUT2D eigenvalue weighted by Crippen LogP contribution is 2.21. The zero-order valence-electron chi connectivity index (χ0n) is 12.2. The van der Waals surface area contributed by atoms with E-state index in [0.29, 0.717) is 17.8 Å². The molecule has 0 aliphatic heterocycles. The Hall–Kier alpha value is -1.85. The summed E-state index contributed by atoms with van der Waals surface area (Å²) in [6.45, 7) is 4.05. The number of hydrogen-bond donors (Lipinski definition) is 2. The van der Waals surface area contributed by atoms with Gasteiger partial charge in [0.1, 0.15) is 0 Å². The molecule has 0 saturated carbocycles. The van der Waals surface area contributed by atoms with E-state index >= 15 is 0 Å². The maximum atomic E-state index is 12.4. The van der Waals surface area contributed by atoms with Gasteiger partial charge in [0.05, 0.1) is 4.90 Å². The van der Waals surface area contributed by atoms with Crippen molar-refractivity contribution in [2.24, 2.45) is 0 Å². The van der Waals surface area contributed by atoms with Gasteiger partial charge < -0.3 is 5.73 Å². The Kier molecular flexibility index (Phi) is 4.65. The lowest BCUT2D eigenvalue weighted by Crippen LogP contribution is -2.28. The molecule has 21 heavy (non-hydrogen) atoms. The molecule has 3 N–H and O–H groups in total. The standard InChI is InChI=1S/C16H20N2O2S/c1-12(14-7-4-3-5-8-14)11-18-21(19,20)16-10-6-9-15(17)13(16)2/h3-10,12,18H,11,17H2,1-2H3. The Bertz CT molecular complexity index is 712. The molecule has 4 nitrogen and oxygen atoms in total. The van der Waals surface area contributed by atoms with Crippen molar-refractivity contribution in [2.45, 2.75) is 24.7 Å². The van der Waals surface area contributed by atoms with Crippen LogP contribution in [0.25, 0.3) is 0 Å². The fourth-order valence-electron chi connectivity index (χ4n) is 2.13. The molecule has 1 unspecified atom stereocenters. The van der Waals surface area contributed by atoms with Gasteiger partial charge in [0.15, 0.2) is 0 Å². The molecule has 0 fully saturated rings. The number of benzene rings is 2. The molecule has 2 aromatic carbocycles. The third-order valence-corrected chi connectivity index (χ3v) is 5.13. The topological polar surface area (TPSA) is 72.2 Å². The van der Waals surface area contributed by atoms with Gasteiger partial charge in [-0.25, -0.2) is 13.1 Å². The first-order valence-corrected chi connectivity index (χ1v) is 8.30. The number of nitrogens with two attached hydrogens (primary N) is 1. The predicted octanol–water partition coefficient (Wildman–Crippen LogP) is 2.66. The van der Waals surface area contributed by atoms with Crippen molar-refractivity contribution in [3.8, 4) is 0 Å². The fourth-order valence-corrected chi connectivity index (χ4v) is 3.54. The van der Waals surface area contributed by atoms with Gasteiger partial charge in [-0.2, -0.15) is 0 Å². The van der Waals surface area contributed by atoms with E-state index < -0.39 is 10.0 Å². The lowest BCUT2D eigenvalue weighted by molar-refractivity contribution is 0.574. The van der Waals surface area contributed by atoms with Crippen LogP contribution in [0.2, 0.25) is 0 Å². The van der Waals surface area contributed by atoms with Gasteiger partial charge in [-0.3, -0.25) is 0 Å². The lowest BCUT2D eigenvalue weighted by Gasteiger charge is -2.15. The van der Waals surface area contributed by atoms with Crippen LogP contribution in [0.15, 0.2) is 53.4 Å². The molecule has 1 atom stereocenters. The van der Waals surface area contributed by atoms with Gasteiger partial charge in [-0.1, -0.05) is 43.3 Å². The number of rotatable bonds is 5. The van der Waals surface area contributed by atoms with Gasteiger partial charge in [0.25, 0.3) is 0 Å². The van der Waals surface area contributed by atoms with E-state index in [-0.39, 0.29) is 10.8 Å². The van der Waals surface area contributed by atoms with Crippen LogP contribution in [0.5, 0.6) is 0 Å². The van der Waals surface area contributed by atoms with E-state index in [0.717, 1.165) is 5.56 Å². The Morgan fingerprint density at radius 2 is 1.76 bits per heavy atom. The van der Waals surface area contributed by atoms with E-state index in [1.807, 2.05) is 37.3 Å². The molecule has 2 rings (SSSR count). The van der Waals surface area contributed by atoms with Crippen LogP contribution < -0.4 is 10.5 Å². The molecule has 0 aliphatic rings. The summed E-state index contributed by atoms with van der Waals surface area (Å²) in [6, 6.07) is 14.7. The number of nitrogen functional groups attached to an aromatic ring is 1. The van der Waals surface area contributed by atoms with Crippen LogP contribution in [0.1, 0.15) is 24.0 Å². The number of anilines is 1. The van der Waals surface area contributed by atoms with Crippen molar-refractivity contribution in [1.82, 2.24) is 4.72 Å². The summed E-state index contributed by atoms with van der Waals surface area (Å²) in [5.74, 6) is 0.0994. The van der Waals surface area contributed by atoms with Crippen LogP contribution in [0, 0.1) is 6.92 Å². The van der Waals surface area contributed by atoms with Crippen molar-refractivity contribution in [3.63, 3.8) is 0 Å². The Labute approximate surface area is 126 Å². The van der Waals surface area contributed by atoms with E-state index in [2.05, 4.69) is 4.72 Å². The average molecular weight is 304 g/mol. The highest BCUT2D eigenvalue weighted by molar-refractivity contribution is 7.89. The van der Waals surface area contributed by atoms with Gasteiger partial charge in [-0.15, -0.1) is 0 Å². The maximum absolute atomic E-state index is 12.4. The minimum Gasteiger partial charge on any atom is -0.398 e. The first-order chi connectivity index (χ1) is 9.92. The molecule has 0 amide bonds. The summed E-state index contributed by atoms with van der Waals surface area (Å²) in [6.07, 6.45) is 0. The number of nitrogens with one attached hydrogen (secondary N) is 1. The summed E-state index contributed by atoms with van der Waals surface area (Å²) in [7, 11) is -3.55. The molecule has 0 saturated heterocycles. The second kappa shape index (κ2) is 6.28. The molecular formula is C16H20N2O2S. The summed E-state index contributed by atoms with van der Waals surface area (Å²) in [4.78, 5) is 0.239. The van der Waals surface area contributed by atoms with Crippen LogP contribution in [-0.2, 0) is 10.0 Å². The molecule has 0 spiro atoms. The van der Waals surface area contributed by atoms with Crippen molar-refractivity contribution in [1.29, 1.82) is 0 Å². The monoisotopic (exact) mass is 304 g/mol. The Balaban J connectivity index is 2.14. The zero-order valence-corrected chi connectivity index (χ0v) is 13.0. The highest BCUT2D eigenvalue weighted by Gasteiger charge is 2.18. The summed E-state index contributed by atoms with van der Waals surface area (Å²) in [5, 5.41) is 0. The second-order valence-electron chi connectivity index (χ2n) is 5.13. The van der Waals surface area contributed by atoms with Gasteiger partial charge in [0.2, 0.25) is 10.0 Å². The minimum absolute atomic E-state index is 0.0994. The number of sulfonamides is 1. The maximum Gasteiger partial charge on any atom is 0.240 e. The normalized spacial score (nSPS) is 13.0. The molecule has 5 heteroatoms. The van der Waals surface area contributed by atoms with Gasteiger partial charge >= 0.3 is 0 Å². The van der Waals surface area contributed by atoms with Crippen molar-refractivity contribution in [2.75, 3.05) is 12.3 Å². The quantitative estimate of drug-likeness (QED) is 0.834. The van der Waals surface area contributed by atoms with E-state index in [4.69, 9.17) is 5.73 Å². The van der Waals surface area contributed by atoms with Crippen molar-refractivity contribution >= 4 is 15.7 Å². The highest BCUT2D eigenvalue weighted by atomic mass is 32.2. The fraction of sp³-hybridized carbons (Fsp3) is 0.250. The lowest BCUT2D eigenvalue weighted by atomic mass is 10.0. The zero-order chi connectivity index (χ0) is 15.5. The third-order valence-electron chi connectivity index (χ3n) is 3.56. The molecule has 0 aliphatic carbocycles. The smallest absolute Gasteiger partial charge is 0.240 e. The minimum atomic E-state index is -3.55. The van der Waals surface area contributed by atoms with E-state index in [1.54, 1.807) is 25.1 Å². The molecule has 0 aromatic heterocycles. The first-order valence-electron chi connectivity index (χ1n) is 6.81. The predicted molar refractivity (Wildman–Crippen MR) is 85.6 cm³/mol. The average Bonchev–Trinajstić information content (AvgIpc) is 2.48.